The van der Waals surface area contributed by atoms with Crippen LogP contribution in [0.25, 0.3) is 0 Å². The lowest BCUT2D eigenvalue weighted by Gasteiger charge is -2.61. The molecule has 0 radical (unpaired) electrons. The van der Waals surface area contributed by atoms with Crippen molar-refractivity contribution in [3.8, 4) is 0 Å². The molecule has 4 heteroatoms. The van der Waals surface area contributed by atoms with Gasteiger partial charge in [-0.05, 0) is 68.7 Å². The summed E-state index contributed by atoms with van der Waals surface area (Å²) in [6.45, 7) is 9.65. The summed E-state index contributed by atoms with van der Waals surface area (Å²) >= 11 is 0. The standard InChI is InChI=1S/C37H41N4/c1-7-14-25-21-22-31-33(23-25)41(6)32-20-13-8-15-26(32)34-35-38(5)29-18-11-12-19-30(29)40(35)28-17-10-9-16-27(28)37(34,4)36(41)39(31)24(2)3/h8-13,15-24,34-36H,7,14H2,1-6H3/q+1/t34?,35-,36+,37-,41?/m0/s1. The topological polar surface area (TPSA) is 9.72 Å². The van der Waals surface area contributed by atoms with E-state index < -0.39 is 0 Å². The number of rotatable bonds is 3. The van der Waals surface area contributed by atoms with Gasteiger partial charge in [-0.1, -0.05) is 67.9 Å². The average molecular weight is 542 g/mol. The summed E-state index contributed by atoms with van der Waals surface area (Å²) in [7, 11) is 4.81. The molecule has 4 aromatic carbocycles. The van der Waals surface area contributed by atoms with E-state index in [1.54, 1.807) is 0 Å². The summed E-state index contributed by atoms with van der Waals surface area (Å²) in [5, 5.41) is 0. The number of anilines is 4. The van der Waals surface area contributed by atoms with Gasteiger partial charge in [-0.15, -0.1) is 0 Å². The van der Waals surface area contributed by atoms with Gasteiger partial charge in [0, 0.05) is 36.3 Å². The van der Waals surface area contributed by atoms with E-state index in [0.717, 1.165) is 17.3 Å². The van der Waals surface area contributed by atoms with Gasteiger partial charge in [0.05, 0.1) is 23.8 Å². The van der Waals surface area contributed by atoms with Gasteiger partial charge in [0.2, 0.25) is 0 Å². The number of aryl methyl sites for hydroxylation is 1. The molecule has 5 atom stereocenters. The number of fused-ring (bicyclic) bond motifs is 15. The van der Waals surface area contributed by atoms with Gasteiger partial charge in [-0.2, -0.15) is 0 Å². The molecule has 2 unspecified atom stereocenters. The fourth-order valence-electron chi connectivity index (χ4n) is 9.41. The van der Waals surface area contributed by atoms with Crippen LogP contribution in [-0.4, -0.2) is 32.5 Å². The van der Waals surface area contributed by atoms with Crippen LogP contribution in [0, 0.1) is 0 Å². The number of nitrogens with zero attached hydrogens (tertiary/aromatic N) is 4. The zero-order valence-electron chi connectivity index (χ0n) is 25.2. The van der Waals surface area contributed by atoms with Crippen LogP contribution in [0.2, 0.25) is 0 Å². The third-order valence-electron chi connectivity index (χ3n) is 10.8. The Kier molecular flexibility index (Phi) is 5.11. The normalized spacial score (nSPS) is 28.5. The molecule has 0 aromatic heterocycles. The molecule has 208 valence electrons. The number of hydrogen-bond acceptors (Lipinski definition) is 3. The molecule has 41 heavy (non-hydrogen) atoms. The van der Waals surface area contributed by atoms with Crippen molar-refractivity contribution < 1.29 is 0 Å². The molecule has 0 aliphatic carbocycles. The van der Waals surface area contributed by atoms with E-state index in [1.807, 2.05) is 0 Å². The SMILES string of the molecule is CCCc1ccc2c(c1)[N+]1(C)c3ccccc3C3[C@H]4N(C)c5ccccc5N4c4ccccc4[C@]3(C)[C@@H]1N2C(C)C. The molecule has 8 rings (SSSR count). The minimum atomic E-state index is -0.161. The van der Waals surface area contributed by atoms with Crippen molar-refractivity contribution in [2.75, 3.05) is 28.8 Å². The third kappa shape index (κ3) is 2.89. The molecule has 0 N–H and O–H groups in total. The minimum Gasteiger partial charge on any atom is -0.352 e. The largest absolute Gasteiger partial charge is 0.352 e. The summed E-state index contributed by atoms with van der Waals surface area (Å²) in [4.78, 5) is 7.98. The van der Waals surface area contributed by atoms with Gasteiger partial charge in [-0.25, -0.2) is 4.48 Å². The Bertz CT molecular complexity index is 1690. The minimum absolute atomic E-state index is 0.161. The van der Waals surface area contributed by atoms with Gasteiger partial charge >= 0.3 is 0 Å². The summed E-state index contributed by atoms with van der Waals surface area (Å²) < 4.78 is 0.811. The second-order valence-electron chi connectivity index (χ2n) is 13.2. The third-order valence-corrected chi connectivity index (χ3v) is 10.8. The summed E-state index contributed by atoms with van der Waals surface area (Å²) in [6.07, 6.45) is 2.68. The van der Waals surface area contributed by atoms with E-state index in [0.29, 0.717) is 6.04 Å². The first-order valence-electron chi connectivity index (χ1n) is 15.4. The number of hydrogen-bond donors (Lipinski definition) is 0. The van der Waals surface area contributed by atoms with Crippen molar-refractivity contribution in [2.45, 2.75) is 70.2 Å². The van der Waals surface area contributed by atoms with Crippen LogP contribution in [0.3, 0.4) is 0 Å². The van der Waals surface area contributed by atoms with E-state index in [-0.39, 0.29) is 23.7 Å². The Labute approximate surface area is 245 Å². The number of benzene rings is 4. The molecule has 0 amide bonds. The second-order valence-corrected chi connectivity index (χ2v) is 13.2. The Morgan fingerprint density at radius 1 is 0.805 bits per heavy atom. The first kappa shape index (κ1) is 25.0. The van der Waals surface area contributed by atoms with Crippen molar-refractivity contribution in [2.24, 2.45) is 0 Å². The fraction of sp³-hybridized carbons (Fsp3) is 0.351. The van der Waals surface area contributed by atoms with Crippen LogP contribution >= 0.6 is 0 Å². The highest BCUT2D eigenvalue weighted by atomic mass is 15.6. The van der Waals surface area contributed by atoms with Crippen molar-refractivity contribution in [3.05, 3.63) is 108 Å². The van der Waals surface area contributed by atoms with Gasteiger partial charge in [0.1, 0.15) is 17.5 Å². The molecule has 4 nitrogen and oxygen atoms in total. The van der Waals surface area contributed by atoms with Gasteiger partial charge in [-0.3, -0.25) is 0 Å². The Balaban J connectivity index is 1.49. The molecule has 4 heterocycles. The summed E-state index contributed by atoms with van der Waals surface area (Å²) in [5.74, 6) is 0.271. The van der Waals surface area contributed by atoms with Crippen molar-refractivity contribution in [1.29, 1.82) is 0 Å². The van der Waals surface area contributed by atoms with Crippen LogP contribution in [0.15, 0.2) is 91.0 Å². The van der Waals surface area contributed by atoms with Crippen molar-refractivity contribution in [1.82, 2.24) is 4.48 Å². The van der Waals surface area contributed by atoms with Crippen LogP contribution in [0.1, 0.15) is 56.7 Å². The van der Waals surface area contributed by atoms with Crippen molar-refractivity contribution in [3.63, 3.8) is 0 Å². The predicted molar refractivity (Wildman–Crippen MR) is 173 cm³/mol. The van der Waals surface area contributed by atoms with Gasteiger partial charge in [0.25, 0.3) is 0 Å². The number of para-hydroxylation sites is 4. The first-order valence-corrected chi connectivity index (χ1v) is 15.4. The molecule has 0 saturated carbocycles. The predicted octanol–water partition coefficient (Wildman–Crippen LogP) is 8.45. The first-order chi connectivity index (χ1) is 19.8. The highest BCUT2D eigenvalue weighted by Gasteiger charge is 2.70. The highest BCUT2D eigenvalue weighted by molar-refractivity contribution is 5.90. The van der Waals surface area contributed by atoms with E-state index in [9.17, 15) is 0 Å². The van der Waals surface area contributed by atoms with Crippen LogP contribution in [0.5, 0.6) is 0 Å². The van der Waals surface area contributed by atoms with Crippen LogP contribution in [0.4, 0.5) is 34.1 Å². The molecule has 4 aromatic rings. The van der Waals surface area contributed by atoms with Gasteiger partial charge < -0.3 is 14.7 Å². The second kappa shape index (κ2) is 8.39. The Hall–Kier alpha value is -3.76. The number of likely N-dealkylation sites (N-methyl/N-ethyl adjacent to an activating group) is 2. The van der Waals surface area contributed by atoms with E-state index in [4.69, 9.17) is 0 Å². The zero-order chi connectivity index (χ0) is 28.3. The van der Waals surface area contributed by atoms with Crippen LogP contribution < -0.4 is 19.2 Å². The lowest BCUT2D eigenvalue weighted by atomic mass is 9.59. The summed E-state index contributed by atoms with van der Waals surface area (Å²) in [5.41, 5.74) is 12.5. The van der Waals surface area contributed by atoms with E-state index in [1.165, 1.54) is 50.8 Å². The molecule has 0 spiro atoms. The maximum Gasteiger partial charge on any atom is 0.184 e. The van der Waals surface area contributed by atoms with Gasteiger partial charge in [0.15, 0.2) is 11.9 Å². The molecular formula is C37H41N4+. The monoisotopic (exact) mass is 541 g/mol. The maximum atomic E-state index is 2.78. The molecular weight excluding hydrogens is 500 g/mol. The zero-order valence-corrected chi connectivity index (χ0v) is 25.2. The van der Waals surface area contributed by atoms with E-state index in [2.05, 4.69) is 147 Å². The number of quaternary nitrogens is 1. The van der Waals surface area contributed by atoms with Crippen molar-refractivity contribution >= 4 is 34.1 Å². The fourth-order valence-corrected chi connectivity index (χ4v) is 9.41. The smallest absolute Gasteiger partial charge is 0.184 e. The van der Waals surface area contributed by atoms with E-state index >= 15 is 0 Å². The Morgan fingerprint density at radius 2 is 1.49 bits per heavy atom. The summed E-state index contributed by atoms with van der Waals surface area (Å²) in [6, 6.07) is 35.4. The lowest BCUT2D eigenvalue weighted by Crippen LogP contribution is -2.72. The molecule has 0 bridgehead atoms. The molecule has 0 saturated heterocycles. The average Bonchev–Trinajstić information content (AvgIpc) is 3.43. The Morgan fingerprint density at radius 3 is 2.24 bits per heavy atom. The maximum absolute atomic E-state index is 2.78. The molecule has 4 aliphatic heterocycles. The van der Waals surface area contributed by atoms with Crippen LogP contribution in [-0.2, 0) is 11.8 Å². The lowest BCUT2D eigenvalue weighted by molar-refractivity contribution is 0.144. The quantitative estimate of drug-likeness (QED) is 0.241. The molecule has 0 fully saturated rings. The molecule has 4 aliphatic rings. The highest BCUT2D eigenvalue weighted by Crippen LogP contribution is 2.69.